The van der Waals surface area contributed by atoms with Gasteiger partial charge in [0.1, 0.15) is 11.6 Å². The average Bonchev–Trinajstić information content (AvgIpc) is 3.10. The smallest absolute Gasteiger partial charge is 0.142 e. The molecule has 1 aliphatic heterocycles. The van der Waals surface area contributed by atoms with Gasteiger partial charge >= 0.3 is 0 Å². The standard InChI is InChI=1S/C14H19N5O/c1-10-6-17-13(18-7-10)9-19-8-11(20-2)5-12(19)14-15-3-4-16-14/h3-4,6-7,11-12H,5,8-9H2,1-2H3,(H,15,16)/t11-,12?/m1/s1. The summed E-state index contributed by atoms with van der Waals surface area (Å²) in [4.78, 5) is 18.7. The first-order valence-electron chi connectivity index (χ1n) is 6.80. The summed E-state index contributed by atoms with van der Waals surface area (Å²) >= 11 is 0. The molecule has 0 amide bonds. The molecule has 3 heterocycles. The lowest BCUT2D eigenvalue weighted by Gasteiger charge is -2.21. The lowest BCUT2D eigenvalue weighted by molar-refractivity contribution is 0.107. The molecule has 20 heavy (non-hydrogen) atoms. The van der Waals surface area contributed by atoms with E-state index in [1.54, 1.807) is 13.3 Å². The molecule has 0 saturated carbocycles. The van der Waals surface area contributed by atoms with E-state index in [0.717, 1.165) is 30.2 Å². The van der Waals surface area contributed by atoms with Crippen LogP contribution in [0.2, 0.25) is 0 Å². The molecule has 0 aromatic carbocycles. The number of aromatic amines is 1. The molecule has 1 N–H and O–H groups in total. The molecule has 0 radical (unpaired) electrons. The van der Waals surface area contributed by atoms with Crippen molar-refractivity contribution in [1.29, 1.82) is 0 Å². The zero-order chi connectivity index (χ0) is 13.9. The Morgan fingerprint density at radius 3 is 2.80 bits per heavy atom. The molecule has 3 rings (SSSR count). The van der Waals surface area contributed by atoms with E-state index in [2.05, 4.69) is 24.8 Å². The molecule has 0 aliphatic carbocycles. The number of imidazole rings is 1. The van der Waals surface area contributed by atoms with Gasteiger partial charge in [0.05, 0.1) is 18.7 Å². The lowest BCUT2D eigenvalue weighted by atomic mass is 10.2. The maximum atomic E-state index is 5.50. The number of nitrogens with zero attached hydrogens (tertiary/aromatic N) is 4. The topological polar surface area (TPSA) is 66.9 Å². The molecule has 106 valence electrons. The predicted octanol–water partition coefficient (Wildman–Crippen LogP) is 1.47. The van der Waals surface area contributed by atoms with Crippen LogP contribution < -0.4 is 0 Å². The molecular formula is C14H19N5O. The van der Waals surface area contributed by atoms with Crippen molar-refractivity contribution in [2.24, 2.45) is 0 Å². The number of aromatic nitrogens is 4. The number of aryl methyl sites for hydroxylation is 1. The Kier molecular flexibility index (Phi) is 3.75. The van der Waals surface area contributed by atoms with E-state index in [1.807, 2.05) is 25.5 Å². The second-order valence-corrected chi connectivity index (χ2v) is 5.19. The minimum atomic E-state index is 0.232. The SMILES string of the molecule is CO[C@@H]1CC(c2ncc[nH]2)N(Cc2ncc(C)cn2)C1. The van der Waals surface area contributed by atoms with Crippen LogP contribution >= 0.6 is 0 Å². The molecule has 1 saturated heterocycles. The van der Waals surface area contributed by atoms with Gasteiger partial charge in [-0.2, -0.15) is 0 Å². The summed E-state index contributed by atoms with van der Waals surface area (Å²) in [5.41, 5.74) is 1.08. The fraction of sp³-hybridized carbons (Fsp3) is 0.500. The highest BCUT2D eigenvalue weighted by Crippen LogP contribution is 2.32. The number of hydrogen-bond donors (Lipinski definition) is 1. The summed E-state index contributed by atoms with van der Waals surface area (Å²) in [6.45, 7) is 3.58. The van der Waals surface area contributed by atoms with Gasteiger partial charge in [-0.25, -0.2) is 15.0 Å². The molecule has 0 bridgehead atoms. The minimum absolute atomic E-state index is 0.232. The van der Waals surface area contributed by atoms with Gasteiger partial charge in [-0.3, -0.25) is 4.90 Å². The summed E-state index contributed by atoms with van der Waals surface area (Å²) in [6.07, 6.45) is 8.53. The Morgan fingerprint density at radius 2 is 2.15 bits per heavy atom. The lowest BCUT2D eigenvalue weighted by Crippen LogP contribution is -2.26. The molecule has 6 heteroatoms. The van der Waals surface area contributed by atoms with Crippen LogP contribution in [-0.4, -0.2) is 44.6 Å². The molecule has 1 fully saturated rings. The Balaban J connectivity index is 1.77. The van der Waals surface area contributed by atoms with E-state index in [4.69, 9.17) is 4.74 Å². The number of ether oxygens (including phenoxy) is 1. The van der Waals surface area contributed by atoms with Gasteiger partial charge in [0, 0.05) is 38.4 Å². The third-order valence-corrected chi connectivity index (χ3v) is 3.71. The second kappa shape index (κ2) is 5.68. The van der Waals surface area contributed by atoms with Crippen LogP contribution in [0, 0.1) is 6.92 Å². The fourth-order valence-electron chi connectivity index (χ4n) is 2.63. The van der Waals surface area contributed by atoms with Gasteiger partial charge in [0.25, 0.3) is 0 Å². The zero-order valence-corrected chi connectivity index (χ0v) is 11.8. The molecule has 1 aliphatic rings. The quantitative estimate of drug-likeness (QED) is 0.913. The van der Waals surface area contributed by atoms with Crippen molar-refractivity contribution in [2.45, 2.75) is 32.0 Å². The molecule has 0 spiro atoms. The Hall–Kier alpha value is -1.79. The highest BCUT2D eigenvalue weighted by molar-refractivity contribution is 5.05. The van der Waals surface area contributed by atoms with Crippen LogP contribution in [0.4, 0.5) is 0 Å². The summed E-state index contributed by atoms with van der Waals surface area (Å²) in [7, 11) is 1.76. The molecule has 2 aromatic heterocycles. The maximum absolute atomic E-state index is 5.50. The van der Waals surface area contributed by atoms with Crippen LogP contribution in [0.5, 0.6) is 0 Å². The zero-order valence-electron chi connectivity index (χ0n) is 11.8. The van der Waals surface area contributed by atoms with Crippen LogP contribution in [0.3, 0.4) is 0 Å². The second-order valence-electron chi connectivity index (χ2n) is 5.19. The highest BCUT2D eigenvalue weighted by atomic mass is 16.5. The largest absolute Gasteiger partial charge is 0.380 e. The molecular weight excluding hydrogens is 254 g/mol. The third kappa shape index (κ3) is 2.71. The Morgan fingerprint density at radius 1 is 1.35 bits per heavy atom. The Labute approximate surface area is 118 Å². The number of hydrogen-bond acceptors (Lipinski definition) is 5. The van der Waals surface area contributed by atoms with Crippen molar-refractivity contribution in [3.05, 3.63) is 42.0 Å². The first-order valence-corrected chi connectivity index (χ1v) is 6.80. The van der Waals surface area contributed by atoms with Crippen LogP contribution in [-0.2, 0) is 11.3 Å². The summed E-state index contributed by atoms with van der Waals surface area (Å²) in [5.74, 6) is 1.82. The van der Waals surface area contributed by atoms with E-state index in [0.29, 0.717) is 6.54 Å². The van der Waals surface area contributed by atoms with Crippen LogP contribution in [0.25, 0.3) is 0 Å². The summed E-state index contributed by atoms with van der Waals surface area (Å²) in [6, 6.07) is 0.236. The van der Waals surface area contributed by atoms with Crippen molar-refractivity contribution in [3.8, 4) is 0 Å². The van der Waals surface area contributed by atoms with Crippen molar-refractivity contribution >= 4 is 0 Å². The van der Waals surface area contributed by atoms with Gasteiger partial charge in [-0.15, -0.1) is 0 Å². The van der Waals surface area contributed by atoms with Gasteiger partial charge in [0.15, 0.2) is 0 Å². The number of methoxy groups -OCH3 is 1. The maximum Gasteiger partial charge on any atom is 0.142 e. The van der Waals surface area contributed by atoms with E-state index in [-0.39, 0.29) is 12.1 Å². The van der Waals surface area contributed by atoms with Crippen molar-refractivity contribution < 1.29 is 4.74 Å². The molecule has 1 unspecified atom stereocenters. The number of likely N-dealkylation sites (tertiary alicyclic amines) is 1. The van der Waals surface area contributed by atoms with Crippen LogP contribution in [0.1, 0.15) is 29.7 Å². The minimum Gasteiger partial charge on any atom is -0.380 e. The molecule has 2 atom stereocenters. The van der Waals surface area contributed by atoms with Crippen LogP contribution in [0.15, 0.2) is 24.8 Å². The third-order valence-electron chi connectivity index (χ3n) is 3.71. The predicted molar refractivity (Wildman–Crippen MR) is 73.9 cm³/mol. The van der Waals surface area contributed by atoms with Crippen molar-refractivity contribution in [3.63, 3.8) is 0 Å². The van der Waals surface area contributed by atoms with Crippen molar-refractivity contribution in [2.75, 3.05) is 13.7 Å². The Bertz CT molecular complexity index is 539. The molecule has 2 aromatic rings. The van der Waals surface area contributed by atoms with E-state index >= 15 is 0 Å². The van der Waals surface area contributed by atoms with Gasteiger partial charge in [-0.1, -0.05) is 0 Å². The fourth-order valence-corrected chi connectivity index (χ4v) is 2.63. The highest BCUT2D eigenvalue weighted by Gasteiger charge is 2.34. The van der Waals surface area contributed by atoms with E-state index in [1.165, 1.54) is 0 Å². The van der Waals surface area contributed by atoms with Gasteiger partial charge in [0.2, 0.25) is 0 Å². The first kappa shape index (κ1) is 13.2. The monoisotopic (exact) mass is 273 g/mol. The van der Waals surface area contributed by atoms with Gasteiger partial charge < -0.3 is 9.72 Å². The van der Waals surface area contributed by atoms with Gasteiger partial charge in [-0.05, 0) is 18.9 Å². The normalized spacial score (nSPS) is 23.3. The number of nitrogens with one attached hydrogen (secondary N) is 1. The van der Waals surface area contributed by atoms with E-state index < -0.39 is 0 Å². The summed E-state index contributed by atoms with van der Waals surface area (Å²) < 4.78 is 5.50. The summed E-state index contributed by atoms with van der Waals surface area (Å²) in [5, 5.41) is 0. The van der Waals surface area contributed by atoms with E-state index in [9.17, 15) is 0 Å². The average molecular weight is 273 g/mol. The van der Waals surface area contributed by atoms with Crippen molar-refractivity contribution in [1.82, 2.24) is 24.8 Å². The first-order chi connectivity index (χ1) is 9.76. The number of H-pyrrole nitrogens is 1. The molecule has 6 nitrogen and oxygen atoms in total. The number of rotatable bonds is 4.